The van der Waals surface area contributed by atoms with Crippen LogP contribution in [0.1, 0.15) is 16.8 Å². The van der Waals surface area contributed by atoms with E-state index >= 15 is 0 Å². The van der Waals surface area contributed by atoms with Gasteiger partial charge in [0.2, 0.25) is 5.91 Å². The first-order valence-corrected chi connectivity index (χ1v) is 4.64. The van der Waals surface area contributed by atoms with Gasteiger partial charge in [-0.3, -0.25) is 14.9 Å². The van der Waals surface area contributed by atoms with Gasteiger partial charge in [-0.25, -0.2) is 4.79 Å². The van der Waals surface area contributed by atoms with E-state index in [1.807, 2.05) is 0 Å². The number of carboxylic acids is 1. The molecule has 0 aliphatic rings. The Labute approximate surface area is 101 Å². The topological polar surface area (TPSA) is 133 Å². The number of nitro groups is 1. The lowest BCUT2D eigenvalue weighted by Crippen LogP contribution is -2.12. The number of hydrogen-bond donors (Lipinski definition) is 2. The number of hydrogen-bond acceptors (Lipinski definition) is 5. The number of carbonyl (C=O) groups is 2. The molecule has 0 atom stereocenters. The lowest BCUT2D eigenvalue weighted by Gasteiger charge is -2.04. The molecule has 0 saturated carbocycles. The Hall–Kier alpha value is -2.95. The molecule has 0 saturated heterocycles. The number of nitro benzene ring substituents is 1. The zero-order valence-electron chi connectivity index (χ0n) is 8.91. The molecule has 1 aromatic carbocycles. The predicted octanol–water partition coefficient (Wildman–Crippen LogP) is 1.15. The largest absolute Gasteiger partial charge is 0.478 e. The highest BCUT2D eigenvalue weighted by Crippen LogP contribution is 2.25. The first-order chi connectivity index (χ1) is 8.45. The third-order valence-electron chi connectivity index (χ3n) is 1.96. The number of carbonyl (C=O) groups excluding carboxylic acids is 1. The van der Waals surface area contributed by atoms with Gasteiger partial charge in [0.25, 0.3) is 5.69 Å². The number of aromatic carboxylic acids is 1. The molecule has 0 radical (unpaired) electrons. The van der Waals surface area contributed by atoms with Crippen LogP contribution in [0.4, 0.5) is 11.4 Å². The maximum atomic E-state index is 11.1. The molecule has 0 spiro atoms. The zero-order chi connectivity index (χ0) is 13.7. The molecule has 18 heavy (non-hydrogen) atoms. The second-order valence-electron chi connectivity index (χ2n) is 3.18. The molecule has 0 fully saturated rings. The monoisotopic (exact) mass is 249 g/mol. The molecular weight excluding hydrogens is 242 g/mol. The third kappa shape index (κ3) is 3.02. The third-order valence-corrected chi connectivity index (χ3v) is 1.96. The van der Waals surface area contributed by atoms with Gasteiger partial charge in [-0.2, -0.15) is 5.26 Å². The van der Waals surface area contributed by atoms with E-state index in [0.717, 1.165) is 18.2 Å². The van der Waals surface area contributed by atoms with Crippen LogP contribution in [-0.4, -0.2) is 21.9 Å². The van der Waals surface area contributed by atoms with Crippen LogP contribution >= 0.6 is 0 Å². The number of rotatable bonds is 4. The zero-order valence-corrected chi connectivity index (χ0v) is 8.91. The molecule has 0 bridgehead atoms. The van der Waals surface area contributed by atoms with Crippen LogP contribution in [0, 0.1) is 21.4 Å². The van der Waals surface area contributed by atoms with Crippen molar-refractivity contribution in [2.24, 2.45) is 0 Å². The van der Waals surface area contributed by atoms with Crippen molar-refractivity contribution in [2.75, 3.05) is 5.32 Å². The molecule has 1 amide bonds. The highest BCUT2D eigenvalue weighted by molar-refractivity contribution is 5.96. The maximum absolute atomic E-state index is 11.1. The number of nitrogens with zero attached hydrogens (tertiary/aromatic N) is 2. The second-order valence-corrected chi connectivity index (χ2v) is 3.18. The summed E-state index contributed by atoms with van der Waals surface area (Å²) in [7, 11) is 0. The quantitative estimate of drug-likeness (QED) is 0.607. The molecule has 0 aromatic heterocycles. The van der Waals surface area contributed by atoms with Gasteiger partial charge in [-0.05, 0) is 12.1 Å². The van der Waals surface area contributed by atoms with E-state index in [0.29, 0.717) is 0 Å². The Balaban J connectivity index is 3.12. The van der Waals surface area contributed by atoms with E-state index in [-0.39, 0.29) is 11.3 Å². The highest BCUT2D eigenvalue weighted by Gasteiger charge is 2.18. The standard InChI is InChI=1S/C10H7N3O5/c11-4-3-9(14)12-7-2-1-6(10(15)16)5-8(7)13(17)18/h1-2,5H,3H2,(H,12,14)(H,15,16). The Kier molecular flexibility index (Phi) is 3.93. The Morgan fingerprint density at radius 2 is 2.17 bits per heavy atom. The molecule has 92 valence electrons. The molecule has 0 heterocycles. The van der Waals surface area contributed by atoms with Crippen LogP contribution in [0.3, 0.4) is 0 Å². The summed E-state index contributed by atoms with van der Waals surface area (Å²) in [6, 6.07) is 4.66. The fourth-order valence-corrected chi connectivity index (χ4v) is 1.19. The molecule has 0 aliphatic heterocycles. The number of anilines is 1. The number of nitrogens with one attached hydrogen (secondary N) is 1. The van der Waals surface area contributed by atoms with Gasteiger partial charge in [-0.15, -0.1) is 0 Å². The summed E-state index contributed by atoms with van der Waals surface area (Å²) >= 11 is 0. The fraction of sp³-hybridized carbons (Fsp3) is 0.100. The summed E-state index contributed by atoms with van der Waals surface area (Å²) in [4.78, 5) is 31.7. The smallest absolute Gasteiger partial charge is 0.335 e. The first-order valence-electron chi connectivity index (χ1n) is 4.64. The first kappa shape index (κ1) is 13.1. The highest BCUT2D eigenvalue weighted by atomic mass is 16.6. The summed E-state index contributed by atoms with van der Waals surface area (Å²) in [6.07, 6.45) is -0.447. The molecule has 1 aromatic rings. The molecule has 0 aliphatic carbocycles. The molecule has 0 unspecified atom stereocenters. The lowest BCUT2D eigenvalue weighted by molar-refractivity contribution is -0.384. The Morgan fingerprint density at radius 3 is 2.67 bits per heavy atom. The molecule has 8 heteroatoms. The number of carboxylic acid groups (broad SMARTS) is 1. The van der Waals surface area contributed by atoms with Crippen LogP contribution in [0.15, 0.2) is 18.2 Å². The van der Waals surface area contributed by atoms with Crippen molar-refractivity contribution in [3.63, 3.8) is 0 Å². The lowest BCUT2D eigenvalue weighted by atomic mass is 10.1. The molecule has 1 rings (SSSR count). The molecule has 2 N–H and O–H groups in total. The van der Waals surface area contributed by atoms with E-state index < -0.39 is 28.9 Å². The number of amides is 1. The summed E-state index contributed by atoms with van der Waals surface area (Å²) in [6.45, 7) is 0. The fourth-order valence-electron chi connectivity index (χ4n) is 1.19. The van der Waals surface area contributed by atoms with Crippen molar-refractivity contribution in [1.29, 1.82) is 5.26 Å². The Morgan fingerprint density at radius 1 is 1.50 bits per heavy atom. The van der Waals surface area contributed by atoms with Gasteiger partial charge in [0, 0.05) is 6.07 Å². The van der Waals surface area contributed by atoms with Crippen molar-refractivity contribution in [3.8, 4) is 6.07 Å². The van der Waals surface area contributed by atoms with Crippen molar-refractivity contribution >= 4 is 23.3 Å². The van der Waals surface area contributed by atoms with E-state index in [2.05, 4.69) is 5.32 Å². The van der Waals surface area contributed by atoms with Crippen LogP contribution in [0.2, 0.25) is 0 Å². The Bertz CT molecular complexity index is 561. The predicted molar refractivity (Wildman–Crippen MR) is 58.9 cm³/mol. The van der Waals surface area contributed by atoms with E-state index in [1.165, 1.54) is 0 Å². The average molecular weight is 249 g/mol. The normalized spacial score (nSPS) is 9.28. The maximum Gasteiger partial charge on any atom is 0.335 e. The van der Waals surface area contributed by atoms with E-state index in [1.54, 1.807) is 6.07 Å². The van der Waals surface area contributed by atoms with Crippen molar-refractivity contribution in [1.82, 2.24) is 0 Å². The minimum atomic E-state index is -1.31. The SMILES string of the molecule is N#CCC(=O)Nc1ccc(C(=O)O)cc1[N+](=O)[O-]. The van der Waals surface area contributed by atoms with Crippen LogP contribution in [0.25, 0.3) is 0 Å². The number of benzene rings is 1. The summed E-state index contributed by atoms with van der Waals surface area (Å²) < 4.78 is 0. The van der Waals surface area contributed by atoms with Crippen LogP contribution in [-0.2, 0) is 4.79 Å². The van der Waals surface area contributed by atoms with Crippen molar-refractivity contribution in [3.05, 3.63) is 33.9 Å². The molecular formula is C10H7N3O5. The average Bonchev–Trinajstić information content (AvgIpc) is 2.29. The van der Waals surface area contributed by atoms with Gasteiger partial charge >= 0.3 is 5.97 Å². The van der Waals surface area contributed by atoms with E-state index in [9.17, 15) is 19.7 Å². The number of nitriles is 1. The van der Waals surface area contributed by atoms with Crippen LogP contribution < -0.4 is 5.32 Å². The van der Waals surface area contributed by atoms with Crippen LogP contribution in [0.5, 0.6) is 0 Å². The van der Waals surface area contributed by atoms with Gasteiger partial charge < -0.3 is 10.4 Å². The minimum Gasteiger partial charge on any atom is -0.478 e. The van der Waals surface area contributed by atoms with Gasteiger partial charge in [0.15, 0.2) is 0 Å². The van der Waals surface area contributed by atoms with Crippen molar-refractivity contribution in [2.45, 2.75) is 6.42 Å². The summed E-state index contributed by atoms with van der Waals surface area (Å²) in [5.74, 6) is -2.02. The summed E-state index contributed by atoms with van der Waals surface area (Å²) in [5, 5.41) is 29.9. The van der Waals surface area contributed by atoms with Crippen molar-refractivity contribution < 1.29 is 19.6 Å². The summed E-state index contributed by atoms with van der Waals surface area (Å²) in [5.41, 5.74) is -0.952. The second kappa shape index (κ2) is 5.40. The van der Waals surface area contributed by atoms with Gasteiger partial charge in [0.1, 0.15) is 12.1 Å². The van der Waals surface area contributed by atoms with Gasteiger partial charge in [-0.1, -0.05) is 0 Å². The minimum absolute atomic E-state index is 0.148. The van der Waals surface area contributed by atoms with E-state index in [4.69, 9.17) is 10.4 Å². The molecule has 8 nitrogen and oxygen atoms in total. The van der Waals surface area contributed by atoms with Gasteiger partial charge in [0.05, 0.1) is 16.6 Å².